The Morgan fingerprint density at radius 2 is 1.90 bits per heavy atom. The number of carbonyl (C=O) groups is 1. The van der Waals surface area contributed by atoms with Crippen molar-refractivity contribution in [3.05, 3.63) is 74.7 Å². The number of pyridine rings is 1. The maximum absolute atomic E-state index is 14.1. The molecule has 0 aliphatic carbocycles. The van der Waals surface area contributed by atoms with Gasteiger partial charge in [0.25, 0.3) is 5.56 Å². The molecule has 4 aromatic rings. The van der Waals surface area contributed by atoms with Crippen molar-refractivity contribution < 1.29 is 9.53 Å². The van der Waals surface area contributed by atoms with Crippen LogP contribution >= 0.6 is 0 Å². The molecule has 1 amide bonds. The summed E-state index contributed by atoms with van der Waals surface area (Å²) >= 11 is 0. The van der Waals surface area contributed by atoms with Crippen LogP contribution in [0.1, 0.15) is 53.2 Å². The highest BCUT2D eigenvalue weighted by atomic mass is 16.6. The number of hydrogen-bond donors (Lipinski definition) is 1. The molecule has 3 aromatic heterocycles. The molecule has 1 aliphatic heterocycles. The van der Waals surface area contributed by atoms with E-state index in [1.807, 2.05) is 75.6 Å². The van der Waals surface area contributed by atoms with Crippen LogP contribution in [0.2, 0.25) is 0 Å². The predicted molar refractivity (Wildman–Crippen MR) is 164 cm³/mol. The van der Waals surface area contributed by atoms with Crippen LogP contribution < -0.4 is 21.5 Å². The van der Waals surface area contributed by atoms with E-state index in [1.54, 1.807) is 13.2 Å². The molecule has 1 fully saturated rings. The SMILES string of the molecule is CC(C)=CCn1c(N2CCC[C@H](NC(=O)OC(C)(C)C)C2)nc2c1c(=O)n(Cc1nccc3ccccc13)c(=O)n2C. The van der Waals surface area contributed by atoms with Crippen LogP contribution in [0.3, 0.4) is 0 Å². The van der Waals surface area contributed by atoms with Crippen LogP contribution in [-0.4, -0.2) is 54.5 Å². The monoisotopic (exact) mass is 573 g/mol. The Bertz CT molecular complexity index is 1780. The summed E-state index contributed by atoms with van der Waals surface area (Å²) in [6.45, 7) is 11.1. The average molecular weight is 574 g/mol. The highest BCUT2D eigenvalue weighted by Gasteiger charge is 2.29. The van der Waals surface area contributed by atoms with Gasteiger partial charge in [0.1, 0.15) is 5.60 Å². The fraction of sp³-hybridized carbons (Fsp3) is 0.452. The molecule has 11 heteroatoms. The number of rotatable bonds is 6. The van der Waals surface area contributed by atoms with E-state index in [0.717, 1.165) is 29.2 Å². The Kier molecular flexibility index (Phi) is 7.94. The number of piperidine rings is 1. The molecule has 0 spiro atoms. The van der Waals surface area contributed by atoms with Crippen LogP contribution in [0, 0.1) is 0 Å². The fourth-order valence-electron chi connectivity index (χ4n) is 5.40. The van der Waals surface area contributed by atoms with Crippen molar-refractivity contribution in [3.63, 3.8) is 0 Å². The minimum atomic E-state index is -0.594. The van der Waals surface area contributed by atoms with E-state index in [2.05, 4.69) is 15.2 Å². The number of alkyl carbamates (subject to hydrolysis) is 1. The number of imidazole rings is 1. The van der Waals surface area contributed by atoms with E-state index >= 15 is 0 Å². The molecular weight excluding hydrogens is 534 g/mol. The first-order chi connectivity index (χ1) is 19.9. The Balaban J connectivity index is 1.58. The maximum Gasteiger partial charge on any atom is 0.407 e. The van der Waals surface area contributed by atoms with Gasteiger partial charge in [0.2, 0.25) is 5.95 Å². The summed E-state index contributed by atoms with van der Waals surface area (Å²) in [5.74, 6) is 0.589. The molecule has 5 rings (SSSR count). The molecule has 0 unspecified atom stereocenters. The van der Waals surface area contributed by atoms with Gasteiger partial charge < -0.3 is 19.5 Å². The van der Waals surface area contributed by atoms with Crippen LogP contribution in [-0.2, 0) is 24.9 Å². The number of aryl methyl sites for hydroxylation is 1. The topological polar surface area (TPSA) is 116 Å². The van der Waals surface area contributed by atoms with Gasteiger partial charge in [0, 0.05) is 44.3 Å². The van der Waals surface area contributed by atoms with E-state index in [9.17, 15) is 14.4 Å². The van der Waals surface area contributed by atoms with Crippen molar-refractivity contribution in [1.29, 1.82) is 0 Å². The van der Waals surface area contributed by atoms with Gasteiger partial charge in [-0.05, 0) is 58.9 Å². The molecule has 42 heavy (non-hydrogen) atoms. The lowest BCUT2D eigenvalue weighted by molar-refractivity contribution is 0.0499. The van der Waals surface area contributed by atoms with Crippen molar-refractivity contribution >= 4 is 34.0 Å². The number of fused-ring (bicyclic) bond motifs is 2. The van der Waals surface area contributed by atoms with Gasteiger partial charge in [-0.3, -0.25) is 18.9 Å². The van der Waals surface area contributed by atoms with Crippen LogP contribution in [0.5, 0.6) is 0 Å². The fourth-order valence-corrected chi connectivity index (χ4v) is 5.40. The molecule has 11 nitrogen and oxygen atoms in total. The molecule has 1 saturated heterocycles. The van der Waals surface area contributed by atoms with Crippen LogP contribution in [0.4, 0.5) is 10.7 Å². The third kappa shape index (κ3) is 5.95. The Morgan fingerprint density at radius 1 is 1.14 bits per heavy atom. The molecule has 222 valence electrons. The zero-order chi connectivity index (χ0) is 30.2. The first kappa shape index (κ1) is 29.1. The minimum absolute atomic E-state index is 0.0392. The number of hydrogen-bond acceptors (Lipinski definition) is 7. The normalized spacial score (nSPS) is 15.7. The van der Waals surface area contributed by atoms with Gasteiger partial charge in [-0.25, -0.2) is 9.59 Å². The summed E-state index contributed by atoms with van der Waals surface area (Å²) in [4.78, 5) is 51.6. The number of benzene rings is 1. The average Bonchev–Trinajstić information content (AvgIpc) is 3.32. The second kappa shape index (κ2) is 11.5. The van der Waals surface area contributed by atoms with Crippen molar-refractivity contribution in [2.45, 2.75) is 72.2 Å². The quantitative estimate of drug-likeness (QED) is 0.347. The number of ether oxygens (including phenoxy) is 1. The van der Waals surface area contributed by atoms with Crippen molar-refractivity contribution in [2.75, 3.05) is 18.0 Å². The summed E-state index contributed by atoms with van der Waals surface area (Å²) in [7, 11) is 1.64. The van der Waals surface area contributed by atoms with Gasteiger partial charge in [-0.15, -0.1) is 0 Å². The smallest absolute Gasteiger partial charge is 0.407 e. The summed E-state index contributed by atoms with van der Waals surface area (Å²) in [6.07, 6.45) is 4.89. The Hall–Kier alpha value is -4.41. The maximum atomic E-state index is 14.1. The number of nitrogens with zero attached hydrogens (tertiary/aromatic N) is 6. The zero-order valence-corrected chi connectivity index (χ0v) is 25.2. The van der Waals surface area contributed by atoms with E-state index in [4.69, 9.17) is 9.72 Å². The lowest BCUT2D eigenvalue weighted by Gasteiger charge is -2.34. The molecule has 4 heterocycles. The first-order valence-corrected chi connectivity index (χ1v) is 14.3. The predicted octanol–water partition coefficient (Wildman–Crippen LogP) is 3.95. The van der Waals surface area contributed by atoms with Crippen molar-refractivity contribution in [3.8, 4) is 0 Å². The van der Waals surface area contributed by atoms with E-state index < -0.39 is 22.9 Å². The molecule has 0 saturated carbocycles. The van der Waals surface area contributed by atoms with Crippen molar-refractivity contribution in [2.24, 2.45) is 7.05 Å². The Labute approximate surface area is 244 Å². The molecule has 1 N–H and O–H groups in total. The molecule has 1 aliphatic rings. The zero-order valence-electron chi connectivity index (χ0n) is 25.2. The lowest BCUT2D eigenvalue weighted by atomic mass is 10.1. The van der Waals surface area contributed by atoms with E-state index in [-0.39, 0.29) is 12.6 Å². The van der Waals surface area contributed by atoms with Gasteiger partial charge in [0.05, 0.1) is 12.2 Å². The summed E-state index contributed by atoms with van der Waals surface area (Å²) in [5, 5.41) is 4.86. The highest BCUT2D eigenvalue weighted by Crippen LogP contribution is 2.24. The van der Waals surface area contributed by atoms with E-state index in [1.165, 1.54) is 9.13 Å². The Morgan fingerprint density at radius 3 is 2.64 bits per heavy atom. The summed E-state index contributed by atoms with van der Waals surface area (Å²) in [5.41, 5.74) is 0.958. The van der Waals surface area contributed by atoms with Gasteiger partial charge in [-0.2, -0.15) is 4.98 Å². The second-order valence-electron chi connectivity index (χ2n) is 12.1. The molecule has 0 radical (unpaired) electrons. The standard InChI is InChI=1S/C31H39N7O4/c1-20(2)14-17-37-25-26(34-28(37)36-16-9-11-22(18-36)33-29(40)42-31(3,4)5)35(6)30(41)38(27(25)39)19-24-23-12-8-7-10-21(23)13-15-32-24/h7-8,10,12-15,22H,9,11,16-19H2,1-6H3,(H,33,40)/t22-/m0/s1. The van der Waals surface area contributed by atoms with Crippen LogP contribution in [0.15, 0.2) is 57.8 Å². The largest absolute Gasteiger partial charge is 0.444 e. The number of carbonyl (C=O) groups excluding carboxylic acids is 1. The minimum Gasteiger partial charge on any atom is -0.444 e. The molecular formula is C31H39N7O4. The number of anilines is 1. The van der Waals surface area contributed by atoms with Gasteiger partial charge >= 0.3 is 11.8 Å². The van der Waals surface area contributed by atoms with E-state index in [0.29, 0.717) is 42.4 Å². The first-order valence-electron chi connectivity index (χ1n) is 14.3. The van der Waals surface area contributed by atoms with Crippen molar-refractivity contribution in [1.82, 2.24) is 29.0 Å². The van der Waals surface area contributed by atoms with Crippen LogP contribution in [0.25, 0.3) is 21.9 Å². The van der Waals surface area contributed by atoms with Gasteiger partial charge in [0.15, 0.2) is 11.2 Å². The summed E-state index contributed by atoms with van der Waals surface area (Å²) in [6, 6.07) is 9.55. The number of aromatic nitrogens is 5. The highest BCUT2D eigenvalue weighted by molar-refractivity contribution is 5.84. The number of nitrogens with one attached hydrogen (secondary N) is 1. The second-order valence-corrected chi connectivity index (χ2v) is 12.1. The third-order valence-electron chi connectivity index (χ3n) is 7.38. The lowest BCUT2D eigenvalue weighted by Crippen LogP contribution is -2.49. The summed E-state index contributed by atoms with van der Waals surface area (Å²) < 4.78 is 10.0. The molecule has 1 aromatic carbocycles. The molecule has 0 bridgehead atoms. The number of allylic oxidation sites excluding steroid dienone is 2. The third-order valence-corrected chi connectivity index (χ3v) is 7.38. The van der Waals surface area contributed by atoms with Gasteiger partial charge in [-0.1, -0.05) is 35.9 Å². The molecule has 1 atom stereocenters. The number of amides is 1.